The normalized spacial score (nSPS) is 22.9. The van der Waals surface area contributed by atoms with Crippen LogP contribution < -0.4 is 0 Å². The standard InChI is InChI=1S/C20H15FO2/c21-17-10-8-16(9-11-17)20(15-5-2-1-3-6-15)12-14-23-19(20)18-7-4-13-22-18/h1-14,19H. The van der Waals surface area contributed by atoms with Crippen molar-refractivity contribution in [2.75, 3.05) is 0 Å². The van der Waals surface area contributed by atoms with Gasteiger partial charge in [-0.1, -0.05) is 42.5 Å². The van der Waals surface area contributed by atoms with Crippen LogP contribution >= 0.6 is 0 Å². The molecule has 2 heterocycles. The third-order valence-electron chi connectivity index (χ3n) is 4.33. The molecule has 3 heteroatoms. The molecule has 1 aliphatic rings. The molecule has 23 heavy (non-hydrogen) atoms. The highest BCUT2D eigenvalue weighted by Gasteiger charge is 2.46. The van der Waals surface area contributed by atoms with Gasteiger partial charge < -0.3 is 9.15 Å². The predicted molar refractivity (Wildman–Crippen MR) is 85.3 cm³/mol. The number of furan rings is 1. The number of halogens is 1. The van der Waals surface area contributed by atoms with Crippen LogP contribution in [0.3, 0.4) is 0 Å². The zero-order valence-electron chi connectivity index (χ0n) is 12.4. The van der Waals surface area contributed by atoms with Gasteiger partial charge in [-0.3, -0.25) is 0 Å². The van der Waals surface area contributed by atoms with E-state index in [1.54, 1.807) is 24.7 Å². The smallest absolute Gasteiger partial charge is 0.172 e. The van der Waals surface area contributed by atoms with Crippen LogP contribution in [0.1, 0.15) is 23.0 Å². The molecule has 0 saturated carbocycles. The Morgan fingerprint density at radius 3 is 2.26 bits per heavy atom. The summed E-state index contributed by atoms with van der Waals surface area (Å²) in [5.74, 6) is 0.484. The molecule has 0 aliphatic carbocycles. The summed E-state index contributed by atoms with van der Waals surface area (Å²) in [6.45, 7) is 0. The SMILES string of the molecule is Fc1ccc(C2(c3ccccc3)C=COC2c2ccco2)cc1. The summed E-state index contributed by atoms with van der Waals surface area (Å²) in [5, 5.41) is 0. The van der Waals surface area contributed by atoms with E-state index in [1.807, 2.05) is 36.4 Å². The maximum atomic E-state index is 13.4. The second-order valence-electron chi connectivity index (χ2n) is 5.58. The van der Waals surface area contributed by atoms with Crippen molar-refractivity contribution in [1.82, 2.24) is 0 Å². The van der Waals surface area contributed by atoms with Gasteiger partial charge in [0.1, 0.15) is 11.6 Å². The average molecular weight is 306 g/mol. The van der Waals surface area contributed by atoms with Crippen molar-refractivity contribution in [2.45, 2.75) is 11.5 Å². The van der Waals surface area contributed by atoms with Gasteiger partial charge in [0.25, 0.3) is 0 Å². The van der Waals surface area contributed by atoms with Crippen molar-refractivity contribution < 1.29 is 13.5 Å². The number of hydrogen-bond acceptors (Lipinski definition) is 2. The quantitative estimate of drug-likeness (QED) is 0.680. The second-order valence-corrected chi connectivity index (χ2v) is 5.58. The highest BCUT2D eigenvalue weighted by Crippen LogP contribution is 2.50. The van der Waals surface area contributed by atoms with Crippen LogP contribution in [0.2, 0.25) is 0 Å². The molecule has 2 unspecified atom stereocenters. The molecular weight excluding hydrogens is 291 g/mol. The first kappa shape index (κ1) is 13.8. The van der Waals surface area contributed by atoms with Gasteiger partial charge in [-0.15, -0.1) is 0 Å². The summed E-state index contributed by atoms with van der Waals surface area (Å²) < 4.78 is 24.9. The first-order valence-electron chi connectivity index (χ1n) is 7.49. The summed E-state index contributed by atoms with van der Waals surface area (Å²) in [7, 11) is 0. The molecule has 114 valence electrons. The number of hydrogen-bond donors (Lipinski definition) is 0. The first-order chi connectivity index (χ1) is 11.3. The van der Waals surface area contributed by atoms with Crippen LogP contribution in [0.5, 0.6) is 0 Å². The lowest BCUT2D eigenvalue weighted by molar-refractivity contribution is 0.108. The fraction of sp³-hybridized carbons (Fsp3) is 0.100. The summed E-state index contributed by atoms with van der Waals surface area (Å²) >= 11 is 0. The molecule has 1 aliphatic heterocycles. The number of ether oxygens (including phenoxy) is 1. The summed E-state index contributed by atoms with van der Waals surface area (Å²) in [4.78, 5) is 0. The van der Waals surface area contributed by atoms with E-state index < -0.39 is 5.41 Å². The van der Waals surface area contributed by atoms with Crippen molar-refractivity contribution in [1.29, 1.82) is 0 Å². The zero-order chi connectivity index (χ0) is 15.7. The lowest BCUT2D eigenvalue weighted by Gasteiger charge is -2.33. The number of rotatable bonds is 3. The van der Waals surface area contributed by atoms with E-state index in [-0.39, 0.29) is 11.9 Å². The summed E-state index contributed by atoms with van der Waals surface area (Å²) in [5.41, 5.74) is 1.48. The highest BCUT2D eigenvalue weighted by atomic mass is 19.1. The van der Waals surface area contributed by atoms with Crippen molar-refractivity contribution >= 4 is 0 Å². The Balaban J connectivity index is 1.94. The van der Waals surface area contributed by atoms with Crippen LogP contribution in [-0.2, 0) is 10.2 Å². The van der Waals surface area contributed by atoms with Gasteiger partial charge in [-0.05, 0) is 41.5 Å². The molecule has 0 N–H and O–H groups in total. The molecule has 0 amide bonds. The molecule has 0 radical (unpaired) electrons. The molecule has 3 aromatic rings. The van der Waals surface area contributed by atoms with Gasteiger partial charge in [0, 0.05) is 0 Å². The Hall–Kier alpha value is -2.81. The van der Waals surface area contributed by atoms with Crippen molar-refractivity contribution in [3.05, 3.63) is 108 Å². The molecule has 2 aromatic carbocycles. The van der Waals surface area contributed by atoms with E-state index in [1.165, 1.54) is 12.1 Å². The van der Waals surface area contributed by atoms with Gasteiger partial charge in [-0.25, -0.2) is 4.39 Å². The van der Waals surface area contributed by atoms with E-state index in [0.29, 0.717) is 0 Å². The topological polar surface area (TPSA) is 22.4 Å². The van der Waals surface area contributed by atoms with Gasteiger partial charge >= 0.3 is 0 Å². The van der Waals surface area contributed by atoms with Crippen LogP contribution in [0.15, 0.2) is 89.7 Å². The third-order valence-corrected chi connectivity index (χ3v) is 4.33. The lowest BCUT2D eigenvalue weighted by atomic mass is 9.70. The number of benzene rings is 2. The molecule has 2 atom stereocenters. The van der Waals surface area contributed by atoms with Gasteiger partial charge in [0.2, 0.25) is 0 Å². The minimum Gasteiger partial charge on any atom is -0.489 e. The van der Waals surface area contributed by atoms with Gasteiger partial charge in [0.15, 0.2) is 6.10 Å². The van der Waals surface area contributed by atoms with Crippen LogP contribution in [0, 0.1) is 5.82 Å². The third kappa shape index (κ3) is 2.16. The van der Waals surface area contributed by atoms with E-state index in [9.17, 15) is 4.39 Å². The van der Waals surface area contributed by atoms with E-state index in [4.69, 9.17) is 9.15 Å². The molecule has 0 spiro atoms. The Kier molecular flexibility index (Phi) is 3.27. The minimum absolute atomic E-state index is 0.255. The van der Waals surface area contributed by atoms with Crippen LogP contribution in [0.25, 0.3) is 0 Å². The largest absolute Gasteiger partial charge is 0.489 e. The fourth-order valence-electron chi connectivity index (χ4n) is 3.25. The van der Waals surface area contributed by atoms with E-state index in [2.05, 4.69) is 12.1 Å². The zero-order valence-corrected chi connectivity index (χ0v) is 12.4. The van der Waals surface area contributed by atoms with Crippen molar-refractivity contribution in [3.63, 3.8) is 0 Å². The molecule has 1 aromatic heterocycles. The minimum atomic E-state index is -0.549. The Labute approximate surface area is 133 Å². The molecule has 4 rings (SSSR count). The molecule has 2 nitrogen and oxygen atoms in total. The molecule has 0 fully saturated rings. The van der Waals surface area contributed by atoms with Crippen LogP contribution in [0.4, 0.5) is 4.39 Å². The summed E-state index contributed by atoms with van der Waals surface area (Å²) in [6.07, 6.45) is 5.02. The van der Waals surface area contributed by atoms with Gasteiger partial charge in [0.05, 0.1) is 17.9 Å². The highest BCUT2D eigenvalue weighted by molar-refractivity contribution is 5.49. The first-order valence-corrected chi connectivity index (χ1v) is 7.49. The average Bonchev–Trinajstić information content (AvgIpc) is 3.26. The van der Waals surface area contributed by atoms with Crippen molar-refractivity contribution in [3.8, 4) is 0 Å². The van der Waals surface area contributed by atoms with Crippen LogP contribution in [-0.4, -0.2) is 0 Å². The fourth-order valence-corrected chi connectivity index (χ4v) is 3.25. The maximum absolute atomic E-state index is 13.4. The lowest BCUT2D eigenvalue weighted by Crippen LogP contribution is -2.30. The van der Waals surface area contributed by atoms with Gasteiger partial charge in [-0.2, -0.15) is 0 Å². The molecule has 0 saturated heterocycles. The second kappa shape index (κ2) is 5.43. The predicted octanol–water partition coefficient (Wildman–Crippen LogP) is 4.99. The Morgan fingerprint density at radius 1 is 0.826 bits per heavy atom. The maximum Gasteiger partial charge on any atom is 0.172 e. The molecule has 0 bridgehead atoms. The Morgan fingerprint density at radius 2 is 1.57 bits per heavy atom. The summed E-state index contributed by atoms with van der Waals surface area (Å²) in [6, 6.07) is 20.4. The monoisotopic (exact) mass is 306 g/mol. The van der Waals surface area contributed by atoms with Crippen molar-refractivity contribution in [2.24, 2.45) is 0 Å². The van der Waals surface area contributed by atoms with E-state index >= 15 is 0 Å². The molecular formula is C20H15FO2. The van der Waals surface area contributed by atoms with E-state index in [0.717, 1.165) is 16.9 Å². The Bertz CT molecular complexity index is 807.